The molecule has 0 aromatic carbocycles. The average molecular weight is 670 g/mol. The molecule has 0 N–H and O–H groups in total. The standard InChI is InChI=1S/C44H81NO.C2H6/c1-5-9-11-13-15-17-19-21-23-25-27-29-31-33-35-37-41-44(46-43-39-38-42-45(7-3)8-4)40-36-34-32-30-28-26-24-22-20-18-16-14-12-10-6-2;1-2/h15,17,20-23,44H,5-14,16,18-19,24-37,40-43H2,1-4H3;1-2H3/b17-15-,22-20-,23-21-;. The van der Waals surface area contributed by atoms with Gasteiger partial charge in [-0.1, -0.05) is 193 Å². The van der Waals surface area contributed by atoms with Gasteiger partial charge in [0, 0.05) is 0 Å². The van der Waals surface area contributed by atoms with Crippen LogP contribution in [-0.4, -0.2) is 37.2 Å². The van der Waals surface area contributed by atoms with E-state index in [2.05, 4.69) is 80.9 Å². The van der Waals surface area contributed by atoms with Gasteiger partial charge in [-0.3, -0.25) is 4.90 Å². The molecular formula is C46H87NO. The van der Waals surface area contributed by atoms with E-state index in [1.54, 1.807) is 0 Å². The first-order valence-corrected chi connectivity index (χ1v) is 21.5. The van der Waals surface area contributed by atoms with Crippen LogP contribution in [0.2, 0.25) is 0 Å². The zero-order valence-electron chi connectivity index (χ0n) is 33.8. The number of rotatable bonds is 35. The zero-order valence-corrected chi connectivity index (χ0v) is 33.8. The molecule has 1 atom stereocenters. The summed E-state index contributed by atoms with van der Waals surface area (Å²) in [7, 11) is 0. The van der Waals surface area contributed by atoms with E-state index in [0.717, 1.165) is 26.1 Å². The molecule has 1 unspecified atom stereocenters. The molecule has 0 rings (SSSR count). The van der Waals surface area contributed by atoms with Gasteiger partial charge in [0.15, 0.2) is 0 Å². The fraction of sp³-hybridized carbons (Fsp3) is 0.826. The van der Waals surface area contributed by atoms with Crippen molar-refractivity contribution in [2.45, 2.75) is 221 Å². The van der Waals surface area contributed by atoms with Crippen LogP contribution in [0.5, 0.6) is 0 Å². The van der Waals surface area contributed by atoms with Gasteiger partial charge in [-0.25, -0.2) is 0 Å². The Morgan fingerprint density at radius 1 is 0.458 bits per heavy atom. The monoisotopic (exact) mass is 670 g/mol. The van der Waals surface area contributed by atoms with Crippen LogP contribution >= 0.6 is 0 Å². The van der Waals surface area contributed by atoms with Crippen LogP contribution in [0.25, 0.3) is 0 Å². The molecule has 2 nitrogen and oxygen atoms in total. The Bertz CT molecular complexity index is 722. The van der Waals surface area contributed by atoms with Crippen molar-refractivity contribution >= 4 is 0 Å². The van der Waals surface area contributed by atoms with Crippen molar-refractivity contribution in [1.82, 2.24) is 4.90 Å². The maximum absolute atomic E-state index is 6.32. The third kappa shape index (κ3) is 40.9. The van der Waals surface area contributed by atoms with Crippen molar-refractivity contribution in [3.8, 4) is 11.8 Å². The predicted molar refractivity (Wildman–Crippen MR) is 220 cm³/mol. The highest BCUT2D eigenvalue weighted by molar-refractivity contribution is 5.01. The van der Waals surface area contributed by atoms with E-state index < -0.39 is 0 Å². The SMILES string of the molecule is CC.CCCCC/C=C\C/C=C\CCCCCCCCC(CCCCCCCC/C=C\CCCCCCC)OCC#CCN(CC)CC. The first kappa shape index (κ1) is 48.8. The topological polar surface area (TPSA) is 12.5 Å². The lowest BCUT2D eigenvalue weighted by atomic mass is 10.0. The highest BCUT2D eigenvalue weighted by Crippen LogP contribution is 2.17. The van der Waals surface area contributed by atoms with E-state index in [0.29, 0.717) is 12.7 Å². The summed E-state index contributed by atoms with van der Waals surface area (Å²) in [4.78, 5) is 2.36. The Kier molecular flexibility index (Phi) is 46.5. The van der Waals surface area contributed by atoms with Crippen LogP contribution in [-0.2, 0) is 4.74 Å². The predicted octanol–water partition coefficient (Wildman–Crippen LogP) is 15.0. The summed E-state index contributed by atoms with van der Waals surface area (Å²) in [5.74, 6) is 6.62. The van der Waals surface area contributed by atoms with Crippen LogP contribution in [0.3, 0.4) is 0 Å². The minimum Gasteiger partial charge on any atom is -0.366 e. The largest absolute Gasteiger partial charge is 0.366 e. The number of hydrogen-bond donors (Lipinski definition) is 0. The summed E-state index contributed by atoms with van der Waals surface area (Å²) in [6.07, 6.45) is 50.5. The van der Waals surface area contributed by atoms with Gasteiger partial charge in [-0.05, 0) is 83.7 Å². The van der Waals surface area contributed by atoms with Gasteiger partial charge in [0.2, 0.25) is 0 Å². The molecule has 2 heteroatoms. The van der Waals surface area contributed by atoms with Crippen molar-refractivity contribution < 1.29 is 4.74 Å². The summed E-state index contributed by atoms with van der Waals surface area (Å²) in [5.41, 5.74) is 0. The van der Waals surface area contributed by atoms with Gasteiger partial charge >= 0.3 is 0 Å². The van der Waals surface area contributed by atoms with E-state index in [-0.39, 0.29) is 0 Å². The van der Waals surface area contributed by atoms with Crippen LogP contribution in [0.15, 0.2) is 36.5 Å². The Balaban J connectivity index is 0. The molecule has 0 radical (unpaired) electrons. The lowest BCUT2D eigenvalue weighted by molar-refractivity contribution is 0.0606. The fourth-order valence-electron chi connectivity index (χ4n) is 5.94. The third-order valence-corrected chi connectivity index (χ3v) is 9.23. The third-order valence-electron chi connectivity index (χ3n) is 9.23. The van der Waals surface area contributed by atoms with E-state index >= 15 is 0 Å². The zero-order chi connectivity index (χ0) is 35.4. The smallest absolute Gasteiger partial charge is 0.108 e. The summed E-state index contributed by atoms with van der Waals surface area (Å²) < 4.78 is 6.32. The number of ether oxygens (including phenoxy) is 1. The lowest BCUT2D eigenvalue weighted by Crippen LogP contribution is -2.23. The summed E-state index contributed by atoms with van der Waals surface area (Å²) >= 11 is 0. The molecule has 0 saturated heterocycles. The van der Waals surface area contributed by atoms with E-state index in [1.807, 2.05) is 13.8 Å². The van der Waals surface area contributed by atoms with Crippen molar-refractivity contribution in [3.05, 3.63) is 36.5 Å². The lowest BCUT2D eigenvalue weighted by Gasteiger charge is -2.17. The Morgan fingerprint density at radius 2 is 0.833 bits per heavy atom. The second kappa shape index (κ2) is 45.7. The molecule has 0 fully saturated rings. The van der Waals surface area contributed by atoms with Gasteiger partial charge in [-0.2, -0.15) is 0 Å². The Hall–Kier alpha value is -1.30. The minimum atomic E-state index is 0.390. The van der Waals surface area contributed by atoms with Crippen LogP contribution in [0.4, 0.5) is 0 Å². The molecule has 0 aliphatic carbocycles. The Labute approximate surface area is 304 Å². The molecule has 0 heterocycles. The van der Waals surface area contributed by atoms with Crippen molar-refractivity contribution in [3.63, 3.8) is 0 Å². The highest BCUT2D eigenvalue weighted by Gasteiger charge is 2.08. The molecule has 0 amide bonds. The number of allylic oxidation sites excluding steroid dienone is 6. The molecule has 48 heavy (non-hydrogen) atoms. The highest BCUT2D eigenvalue weighted by atomic mass is 16.5. The average Bonchev–Trinajstić information content (AvgIpc) is 3.11. The van der Waals surface area contributed by atoms with Crippen LogP contribution in [0, 0.1) is 11.8 Å². The van der Waals surface area contributed by atoms with Gasteiger partial charge in [0.1, 0.15) is 6.61 Å². The van der Waals surface area contributed by atoms with Crippen LogP contribution < -0.4 is 0 Å². The molecular weight excluding hydrogens is 583 g/mol. The number of nitrogens with zero attached hydrogens (tertiary/aromatic N) is 1. The molecule has 0 aliphatic rings. The Morgan fingerprint density at radius 3 is 1.29 bits per heavy atom. The van der Waals surface area contributed by atoms with Gasteiger partial charge in [0.05, 0.1) is 12.6 Å². The number of hydrogen-bond acceptors (Lipinski definition) is 2. The molecule has 0 aromatic rings. The second-order valence-corrected chi connectivity index (χ2v) is 13.5. The first-order valence-electron chi connectivity index (χ1n) is 21.5. The van der Waals surface area contributed by atoms with Crippen LogP contribution in [0.1, 0.15) is 215 Å². The molecule has 282 valence electrons. The summed E-state index contributed by atoms with van der Waals surface area (Å²) in [6, 6.07) is 0. The molecule has 0 saturated carbocycles. The minimum absolute atomic E-state index is 0.390. The van der Waals surface area contributed by atoms with Crippen molar-refractivity contribution in [1.29, 1.82) is 0 Å². The maximum Gasteiger partial charge on any atom is 0.108 e. The van der Waals surface area contributed by atoms with E-state index in [1.165, 1.54) is 167 Å². The normalized spacial score (nSPS) is 12.2. The van der Waals surface area contributed by atoms with Gasteiger partial charge < -0.3 is 4.74 Å². The summed E-state index contributed by atoms with van der Waals surface area (Å²) in [5, 5.41) is 0. The summed E-state index contributed by atoms with van der Waals surface area (Å²) in [6.45, 7) is 16.6. The second-order valence-electron chi connectivity index (χ2n) is 13.5. The molecule has 0 spiro atoms. The first-order chi connectivity index (χ1) is 23.8. The van der Waals surface area contributed by atoms with Crippen molar-refractivity contribution in [2.24, 2.45) is 0 Å². The molecule has 0 aliphatic heterocycles. The van der Waals surface area contributed by atoms with E-state index in [9.17, 15) is 0 Å². The maximum atomic E-state index is 6.32. The number of unbranched alkanes of at least 4 members (excludes halogenated alkanes) is 20. The molecule has 0 aromatic heterocycles. The van der Waals surface area contributed by atoms with E-state index in [4.69, 9.17) is 4.74 Å². The van der Waals surface area contributed by atoms with Gasteiger partial charge in [0.25, 0.3) is 0 Å². The van der Waals surface area contributed by atoms with Gasteiger partial charge in [-0.15, -0.1) is 0 Å². The quantitative estimate of drug-likeness (QED) is 0.0378. The van der Waals surface area contributed by atoms with Crippen molar-refractivity contribution in [2.75, 3.05) is 26.2 Å². The fourth-order valence-corrected chi connectivity index (χ4v) is 5.94. The molecule has 0 bridgehead atoms.